The van der Waals surface area contributed by atoms with Gasteiger partial charge in [0.1, 0.15) is 6.73 Å². The summed E-state index contributed by atoms with van der Waals surface area (Å²) in [5.74, 6) is -0.133. The number of ether oxygens (including phenoxy) is 1. The van der Waals surface area contributed by atoms with E-state index in [-0.39, 0.29) is 11.8 Å². The summed E-state index contributed by atoms with van der Waals surface area (Å²) in [6.45, 7) is 12.4. The molecule has 3 aromatic rings. The number of rotatable bonds is 9. The maximum atomic E-state index is 13.1. The van der Waals surface area contributed by atoms with E-state index in [1.807, 2.05) is 35.9 Å². The van der Waals surface area contributed by atoms with E-state index in [0.717, 1.165) is 64.6 Å². The lowest BCUT2D eigenvalue weighted by atomic mass is 9.79. The van der Waals surface area contributed by atoms with Gasteiger partial charge in [-0.3, -0.25) is 4.79 Å². The van der Waals surface area contributed by atoms with Gasteiger partial charge in [-0.25, -0.2) is 4.68 Å². The molecule has 0 unspecified atom stereocenters. The Kier molecular flexibility index (Phi) is 8.73. The molecule has 0 aliphatic heterocycles. The van der Waals surface area contributed by atoms with Gasteiger partial charge in [-0.1, -0.05) is 53.8 Å². The highest BCUT2D eigenvalue weighted by molar-refractivity contribution is 9.10. The van der Waals surface area contributed by atoms with Crippen molar-refractivity contribution in [1.82, 2.24) is 9.78 Å². The fourth-order valence-electron chi connectivity index (χ4n) is 5.08. The molecule has 0 spiro atoms. The highest BCUT2D eigenvalue weighted by Crippen LogP contribution is 2.35. The van der Waals surface area contributed by atoms with Crippen LogP contribution in [0.4, 0.5) is 5.69 Å². The monoisotopic (exact) mass is 582 g/mol. The van der Waals surface area contributed by atoms with E-state index < -0.39 is 14.1 Å². The van der Waals surface area contributed by atoms with E-state index in [0.29, 0.717) is 6.73 Å². The Morgan fingerprint density at radius 1 is 1.22 bits per heavy atom. The number of benzene rings is 2. The molecule has 1 heterocycles. The number of hydrogen-bond acceptors (Lipinski definition) is 4. The second-order valence-electron chi connectivity index (χ2n) is 11.3. The van der Waals surface area contributed by atoms with Crippen LogP contribution in [0.1, 0.15) is 41.3 Å². The van der Waals surface area contributed by atoms with Crippen molar-refractivity contribution in [2.24, 2.45) is 5.73 Å². The van der Waals surface area contributed by atoms with Crippen molar-refractivity contribution < 1.29 is 9.53 Å². The number of fused-ring (bicyclic) bond motifs is 1. The molecule has 0 radical (unpaired) electrons. The number of carbonyl (C=O) groups excluding carboxylic acids is 1. The lowest BCUT2D eigenvalue weighted by Crippen LogP contribution is -2.41. The highest BCUT2D eigenvalue weighted by atomic mass is 79.9. The van der Waals surface area contributed by atoms with Gasteiger partial charge in [0, 0.05) is 42.0 Å². The van der Waals surface area contributed by atoms with E-state index in [1.54, 1.807) is 0 Å². The van der Waals surface area contributed by atoms with Gasteiger partial charge in [0.15, 0.2) is 0 Å². The van der Waals surface area contributed by atoms with Crippen LogP contribution in [-0.4, -0.2) is 36.4 Å². The van der Waals surface area contributed by atoms with Crippen LogP contribution in [0, 0.1) is 13.8 Å². The molecule has 2 aromatic carbocycles. The zero-order chi connectivity index (χ0) is 26.7. The fourth-order valence-corrected chi connectivity index (χ4v) is 6.21. The third-order valence-corrected chi connectivity index (χ3v) is 9.43. The summed E-state index contributed by atoms with van der Waals surface area (Å²) >= 11 is 3.56. The molecule has 1 aromatic heterocycles. The number of nitrogens with two attached hydrogens (primary N) is 1. The normalized spacial score (nSPS) is 16.4. The minimum absolute atomic E-state index is 0.0182. The quantitative estimate of drug-likeness (QED) is 0.219. The van der Waals surface area contributed by atoms with Crippen molar-refractivity contribution in [3.63, 3.8) is 0 Å². The van der Waals surface area contributed by atoms with Crippen LogP contribution in [0.15, 0.2) is 46.9 Å². The van der Waals surface area contributed by atoms with Crippen molar-refractivity contribution in [3.8, 4) is 11.1 Å². The molecule has 6 nitrogen and oxygen atoms in total. The molecular weight excluding hydrogens is 544 g/mol. The summed E-state index contributed by atoms with van der Waals surface area (Å²) in [7, 11) is -1.11. The van der Waals surface area contributed by atoms with Gasteiger partial charge < -0.3 is 15.8 Å². The Labute approximate surface area is 230 Å². The number of amides is 1. The van der Waals surface area contributed by atoms with Gasteiger partial charge in [0.25, 0.3) is 0 Å². The first-order valence-corrected chi connectivity index (χ1v) is 17.6. The molecule has 8 heteroatoms. The molecule has 37 heavy (non-hydrogen) atoms. The van der Waals surface area contributed by atoms with Crippen molar-refractivity contribution in [2.45, 2.75) is 77.5 Å². The standard InChI is InChI=1S/C29H39BrN4O2Si/c1-19-27(20(2)34(33-19)18-36-15-16-37(3,4)5)22-10-13-24(14-11-22)32-29(35)28(31)25-8-6-7-21-9-12-23(30)17-26(21)25/h9-14,17,25,28H,6-8,15-16,18,31H2,1-5H3,(H,32,35)/t25-,28+/m1/s1. The van der Waals surface area contributed by atoms with Gasteiger partial charge in [-0.05, 0) is 80.1 Å². The summed E-state index contributed by atoms with van der Waals surface area (Å²) in [6, 6.07) is 14.8. The Bertz CT molecular complexity index is 1250. The molecule has 4 rings (SSSR count). The Balaban J connectivity index is 1.41. The molecule has 1 aliphatic carbocycles. The lowest BCUT2D eigenvalue weighted by molar-refractivity contribution is -0.117. The van der Waals surface area contributed by atoms with Crippen molar-refractivity contribution in [2.75, 3.05) is 11.9 Å². The number of aryl methyl sites for hydroxylation is 2. The van der Waals surface area contributed by atoms with Gasteiger partial charge in [0.2, 0.25) is 5.91 Å². The van der Waals surface area contributed by atoms with Crippen LogP contribution in [-0.2, 0) is 22.7 Å². The predicted molar refractivity (Wildman–Crippen MR) is 158 cm³/mol. The van der Waals surface area contributed by atoms with E-state index >= 15 is 0 Å². The van der Waals surface area contributed by atoms with Crippen LogP contribution < -0.4 is 11.1 Å². The number of carbonyl (C=O) groups is 1. The number of aromatic nitrogens is 2. The van der Waals surface area contributed by atoms with E-state index in [1.165, 1.54) is 11.1 Å². The van der Waals surface area contributed by atoms with Crippen LogP contribution in [0.5, 0.6) is 0 Å². The molecule has 198 valence electrons. The average Bonchev–Trinajstić information content (AvgIpc) is 3.13. The third-order valence-electron chi connectivity index (χ3n) is 7.24. The van der Waals surface area contributed by atoms with Crippen molar-refractivity contribution >= 4 is 35.6 Å². The maximum Gasteiger partial charge on any atom is 0.241 e. The summed E-state index contributed by atoms with van der Waals surface area (Å²) in [5.41, 5.74) is 13.9. The third kappa shape index (κ3) is 6.79. The van der Waals surface area contributed by atoms with Crippen molar-refractivity contribution in [3.05, 3.63) is 69.5 Å². The number of halogens is 1. The first-order valence-electron chi connectivity index (χ1n) is 13.1. The topological polar surface area (TPSA) is 82.2 Å². The lowest BCUT2D eigenvalue weighted by Gasteiger charge is -2.29. The molecule has 0 saturated carbocycles. The number of nitrogens with one attached hydrogen (secondary N) is 1. The van der Waals surface area contributed by atoms with Crippen LogP contribution in [0.2, 0.25) is 25.7 Å². The minimum Gasteiger partial charge on any atom is -0.360 e. The molecule has 0 fully saturated rings. The number of nitrogens with zero attached hydrogens (tertiary/aromatic N) is 2. The van der Waals surface area contributed by atoms with Crippen molar-refractivity contribution in [1.29, 1.82) is 0 Å². The molecule has 1 aliphatic rings. The largest absolute Gasteiger partial charge is 0.360 e. The number of anilines is 1. The van der Waals surface area contributed by atoms with Crippen LogP contribution >= 0.6 is 15.9 Å². The van der Waals surface area contributed by atoms with E-state index in [2.05, 4.69) is 66.0 Å². The van der Waals surface area contributed by atoms with Gasteiger partial charge >= 0.3 is 0 Å². The molecule has 0 bridgehead atoms. The SMILES string of the molecule is Cc1nn(COCC[Si](C)(C)C)c(C)c1-c1ccc(NC(=O)[C@@H](N)[C@@H]2CCCc3ccc(Br)cc32)cc1. The van der Waals surface area contributed by atoms with Gasteiger partial charge in [0.05, 0.1) is 11.7 Å². The Morgan fingerprint density at radius 3 is 2.65 bits per heavy atom. The highest BCUT2D eigenvalue weighted by Gasteiger charge is 2.30. The summed E-state index contributed by atoms with van der Waals surface area (Å²) < 4.78 is 8.87. The zero-order valence-electron chi connectivity index (χ0n) is 22.6. The number of hydrogen-bond donors (Lipinski definition) is 2. The van der Waals surface area contributed by atoms with Gasteiger partial charge in [-0.15, -0.1) is 0 Å². The molecule has 1 amide bonds. The first kappa shape index (κ1) is 27.8. The maximum absolute atomic E-state index is 13.1. The smallest absolute Gasteiger partial charge is 0.241 e. The van der Waals surface area contributed by atoms with Gasteiger partial charge in [-0.2, -0.15) is 5.10 Å². The van der Waals surface area contributed by atoms with Crippen LogP contribution in [0.3, 0.4) is 0 Å². The zero-order valence-corrected chi connectivity index (χ0v) is 25.2. The average molecular weight is 584 g/mol. The van der Waals surface area contributed by atoms with Crippen LogP contribution in [0.25, 0.3) is 11.1 Å². The fraction of sp³-hybridized carbons (Fsp3) is 0.448. The predicted octanol–water partition coefficient (Wildman–Crippen LogP) is 6.63. The summed E-state index contributed by atoms with van der Waals surface area (Å²) in [5, 5.41) is 7.74. The minimum atomic E-state index is -1.11. The first-order chi connectivity index (χ1) is 17.5. The molecule has 3 N–H and O–H groups in total. The van der Waals surface area contributed by atoms with E-state index in [4.69, 9.17) is 15.6 Å². The molecule has 0 saturated heterocycles. The second-order valence-corrected chi connectivity index (χ2v) is 17.9. The Morgan fingerprint density at radius 2 is 1.95 bits per heavy atom. The molecular formula is C29H39BrN4O2Si. The van der Waals surface area contributed by atoms with E-state index in [9.17, 15) is 4.79 Å². The second kappa shape index (κ2) is 11.6. The molecule has 2 atom stereocenters. The summed E-state index contributed by atoms with van der Waals surface area (Å²) in [4.78, 5) is 13.1. The Hall–Kier alpha value is -2.26. The summed E-state index contributed by atoms with van der Waals surface area (Å²) in [6.07, 6.45) is 3.00.